The van der Waals surface area contributed by atoms with Crippen LogP contribution in [0.5, 0.6) is 5.75 Å². The van der Waals surface area contributed by atoms with E-state index in [2.05, 4.69) is 44.3 Å². The summed E-state index contributed by atoms with van der Waals surface area (Å²) in [6.07, 6.45) is 1.32. The van der Waals surface area contributed by atoms with E-state index in [0.717, 1.165) is 31.9 Å². The summed E-state index contributed by atoms with van der Waals surface area (Å²) in [5.41, 5.74) is 1.26. The minimum atomic E-state index is 0.197. The van der Waals surface area contributed by atoms with Gasteiger partial charge in [-0.05, 0) is 32.9 Å². The second-order valence-corrected chi connectivity index (χ2v) is 5.36. The van der Waals surface area contributed by atoms with Crippen LogP contribution < -0.4 is 10.1 Å². The monoisotopic (exact) mass is 263 g/mol. The van der Waals surface area contributed by atoms with E-state index in [-0.39, 0.29) is 6.10 Å². The van der Waals surface area contributed by atoms with Gasteiger partial charge in [-0.15, -0.1) is 0 Å². The summed E-state index contributed by atoms with van der Waals surface area (Å²) in [6.45, 7) is 8.95. The molecule has 0 amide bonds. The Morgan fingerprint density at radius 2 is 2.16 bits per heavy atom. The smallest absolute Gasteiger partial charge is 0.124 e. The van der Waals surface area contributed by atoms with Crippen molar-refractivity contribution in [1.29, 1.82) is 0 Å². The van der Waals surface area contributed by atoms with Crippen LogP contribution >= 0.6 is 0 Å². The maximum atomic E-state index is 5.95. The van der Waals surface area contributed by atoms with Crippen molar-refractivity contribution in [2.75, 3.05) is 19.8 Å². The van der Waals surface area contributed by atoms with Crippen LogP contribution in [-0.4, -0.2) is 25.9 Å². The van der Waals surface area contributed by atoms with Gasteiger partial charge in [0.25, 0.3) is 0 Å². The summed E-state index contributed by atoms with van der Waals surface area (Å²) in [5, 5.41) is 3.59. The lowest BCUT2D eigenvalue weighted by molar-refractivity contribution is 0.175. The normalized spacial score (nSPS) is 20.7. The molecule has 106 valence electrons. The molecular weight excluding hydrogens is 238 g/mol. The molecule has 0 aliphatic carbocycles. The van der Waals surface area contributed by atoms with Crippen LogP contribution in [0.15, 0.2) is 24.3 Å². The topological polar surface area (TPSA) is 30.5 Å². The summed E-state index contributed by atoms with van der Waals surface area (Å²) < 4.78 is 11.5. The Bertz CT molecular complexity index is 386. The molecule has 2 unspecified atom stereocenters. The molecule has 0 spiro atoms. The van der Waals surface area contributed by atoms with Crippen LogP contribution in [0, 0.1) is 5.92 Å². The summed E-state index contributed by atoms with van der Waals surface area (Å²) in [4.78, 5) is 0. The zero-order valence-electron chi connectivity index (χ0n) is 12.2. The van der Waals surface area contributed by atoms with Gasteiger partial charge in [-0.25, -0.2) is 0 Å². The predicted octanol–water partition coefficient (Wildman–Crippen LogP) is 3.16. The average Bonchev–Trinajstić information content (AvgIpc) is 2.90. The Labute approximate surface area is 116 Å². The number of para-hydroxylation sites is 1. The maximum Gasteiger partial charge on any atom is 0.124 e. The van der Waals surface area contributed by atoms with Gasteiger partial charge in [-0.2, -0.15) is 0 Å². The number of hydrogen-bond acceptors (Lipinski definition) is 3. The SMILES string of the molecule is CCNC(c1ccccc1OC(C)C)C1CCOC1. The van der Waals surface area contributed by atoms with E-state index >= 15 is 0 Å². The lowest BCUT2D eigenvalue weighted by Crippen LogP contribution is -2.29. The minimum absolute atomic E-state index is 0.197. The highest BCUT2D eigenvalue weighted by Crippen LogP contribution is 2.34. The third-order valence-corrected chi connectivity index (χ3v) is 3.48. The minimum Gasteiger partial charge on any atom is -0.491 e. The van der Waals surface area contributed by atoms with Crippen LogP contribution in [0.4, 0.5) is 0 Å². The highest BCUT2D eigenvalue weighted by molar-refractivity contribution is 5.36. The first kappa shape index (κ1) is 14.4. The van der Waals surface area contributed by atoms with Crippen LogP contribution in [0.25, 0.3) is 0 Å². The van der Waals surface area contributed by atoms with Crippen LogP contribution in [0.1, 0.15) is 38.8 Å². The molecule has 1 aliphatic rings. The van der Waals surface area contributed by atoms with Crippen molar-refractivity contribution in [3.8, 4) is 5.75 Å². The number of rotatable bonds is 6. The molecule has 0 radical (unpaired) electrons. The quantitative estimate of drug-likeness (QED) is 0.855. The summed E-state index contributed by atoms with van der Waals surface area (Å²) in [7, 11) is 0. The Balaban J connectivity index is 2.24. The van der Waals surface area contributed by atoms with Gasteiger partial charge in [-0.1, -0.05) is 25.1 Å². The molecule has 0 bridgehead atoms. The number of nitrogens with one attached hydrogen (secondary N) is 1. The number of benzene rings is 1. The zero-order valence-corrected chi connectivity index (χ0v) is 12.2. The van der Waals surface area contributed by atoms with Crippen molar-refractivity contribution in [1.82, 2.24) is 5.32 Å². The molecule has 3 nitrogen and oxygen atoms in total. The average molecular weight is 263 g/mol. The largest absolute Gasteiger partial charge is 0.491 e. The Morgan fingerprint density at radius 3 is 2.79 bits per heavy atom. The van der Waals surface area contributed by atoms with Crippen LogP contribution in [0.3, 0.4) is 0 Å². The standard InChI is InChI=1S/C16H25NO2/c1-4-17-16(13-9-10-18-11-13)14-7-5-6-8-15(14)19-12(2)3/h5-8,12-13,16-17H,4,9-11H2,1-3H3. The first-order valence-corrected chi connectivity index (χ1v) is 7.29. The molecule has 1 aromatic carbocycles. The maximum absolute atomic E-state index is 5.95. The van der Waals surface area contributed by atoms with Gasteiger partial charge < -0.3 is 14.8 Å². The molecule has 1 aliphatic heterocycles. The Hall–Kier alpha value is -1.06. The molecule has 1 aromatic rings. The van der Waals surface area contributed by atoms with Gasteiger partial charge in [0, 0.05) is 24.1 Å². The zero-order chi connectivity index (χ0) is 13.7. The first-order chi connectivity index (χ1) is 9.22. The lowest BCUT2D eigenvalue weighted by atomic mass is 9.91. The molecule has 1 heterocycles. The van der Waals surface area contributed by atoms with Gasteiger partial charge >= 0.3 is 0 Å². The Kier molecular flexibility index (Phi) is 5.23. The van der Waals surface area contributed by atoms with Crippen molar-refractivity contribution in [2.45, 2.75) is 39.3 Å². The highest BCUT2D eigenvalue weighted by atomic mass is 16.5. The third-order valence-electron chi connectivity index (χ3n) is 3.48. The molecular formula is C16H25NO2. The van der Waals surface area contributed by atoms with Crippen LogP contribution in [0.2, 0.25) is 0 Å². The second kappa shape index (κ2) is 6.92. The van der Waals surface area contributed by atoms with Crippen molar-refractivity contribution in [2.24, 2.45) is 5.92 Å². The lowest BCUT2D eigenvalue weighted by Gasteiger charge is -2.26. The summed E-state index contributed by atoms with van der Waals surface area (Å²) in [6, 6.07) is 8.68. The van der Waals surface area contributed by atoms with Crippen molar-refractivity contribution < 1.29 is 9.47 Å². The summed E-state index contributed by atoms with van der Waals surface area (Å²) >= 11 is 0. The second-order valence-electron chi connectivity index (χ2n) is 5.36. The van der Waals surface area contributed by atoms with Gasteiger partial charge in [0.05, 0.1) is 12.7 Å². The van der Waals surface area contributed by atoms with E-state index in [9.17, 15) is 0 Å². The molecule has 1 fully saturated rings. The molecule has 19 heavy (non-hydrogen) atoms. The number of hydrogen-bond donors (Lipinski definition) is 1. The fraction of sp³-hybridized carbons (Fsp3) is 0.625. The van der Waals surface area contributed by atoms with Gasteiger partial charge in [0.1, 0.15) is 5.75 Å². The van der Waals surface area contributed by atoms with E-state index < -0.39 is 0 Å². The van der Waals surface area contributed by atoms with Crippen LogP contribution in [-0.2, 0) is 4.74 Å². The highest BCUT2D eigenvalue weighted by Gasteiger charge is 2.28. The molecule has 2 rings (SSSR count). The first-order valence-electron chi connectivity index (χ1n) is 7.29. The predicted molar refractivity (Wildman–Crippen MR) is 77.5 cm³/mol. The van der Waals surface area contributed by atoms with Crippen molar-refractivity contribution in [3.05, 3.63) is 29.8 Å². The van der Waals surface area contributed by atoms with E-state index in [4.69, 9.17) is 9.47 Å². The fourth-order valence-electron chi connectivity index (χ4n) is 2.66. The van der Waals surface area contributed by atoms with Gasteiger partial charge in [-0.3, -0.25) is 0 Å². The molecule has 2 atom stereocenters. The number of ether oxygens (including phenoxy) is 2. The van der Waals surface area contributed by atoms with E-state index in [0.29, 0.717) is 12.0 Å². The molecule has 3 heteroatoms. The van der Waals surface area contributed by atoms with Gasteiger partial charge in [0.15, 0.2) is 0 Å². The molecule has 0 aromatic heterocycles. The molecule has 0 saturated carbocycles. The van der Waals surface area contributed by atoms with E-state index in [1.54, 1.807) is 0 Å². The van der Waals surface area contributed by atoms with E-state index in [1.165, 1.54) is 5.56 Å². The molecule has 1 saturated heterocycles. The van der Waals surface area contributed by atoms with Gasteiger partial charge in [0.2, 0.25) is 0 Å². The molecule has 1 N–H and O–H groups in total. The third kappa shape index (κ3) is 3.71. The Morgan fingerprint density at radius 1 is 1.37 bits per heavy atom. The fourth-order valence-corrected chi connectivity index (χ4v) is 2.66. The summed E-state index contributed by atoms with van der Waals surface area (Å²) in [5.74, 6) is 1.53. The van der Waals surface area contributed by atoms with E-state index in [1.807, 2.05) is 6.07 Å². The van der Waals surface area contributed by atoms with Crippen molar-refractivity contribution in [3.63, 3.8) is 0 Å². The van der Waals surface area contributed by atoms with Crippen molar-refractivity contribution >= 4 is 0 Å².